The zero-order valence-corrected chi connectivity index (χ0v) is 12.0. The van der Waals surface area contributed by atoms with E-state index in [1.165, 1.54) is 31.2 Å². The lowest BCUT2D eigenvalue weighted by molar-refractivity contribution is -0.120. The van der Waals surface area contributed by atoms with E-state index in [1.54, 1.807) is 0 Å². The first-order valence-corrected chi connectivity index (χ1v) is 7.81. The van der Waals surface area contributed by atoms with E-state index in [-0.39, 0.29) is 4.90 Å². The van der Waals surface area contributed by atoms with Crippen molar-refractivity contribution < 1.29 is 13.2 Å². The van der Waals surface area contributed by atoms with Gasteiger partial charge in [-0.25, -0.2) is 8.42 Å². The number of carbonyl (C=O) groups is 1. The third-order valence-corrected chi connectivity index (χ3v) is 4.95. The zero-order valence-electron chi connectivity index (χ0n) is 11.2. The average Bonchev–Trinajstić information content (AvgIpc) is 2.38. The monoisotopic (exact) mass is 284 g/mol. The third-order valence-electron chi connectivity index (χ3n) is 2.87. The van der Waals surface area contributed by atoms with Gasteiger partial charge in [0.05, 0.1) is 4.90 Å². The molecule has 0 aliphatic rings. The van der Waals surface area contributed by atoms with E-state index in [1.807, 2.05) is 6.92 Å². The SMILES string of the molecule is CCCCNC(=O)C(C)S(=O)(=O)c1ccc(N)cc1. The summed E-state index contributed by atoms with van der Waals surface area (Å²) >= 11 is 0. The topological polar surface area (TPSA) is 89.3 Å². The molecule has 6 heteroatoms. The third kappa shape index (κ3) is 3.96. The molecule has 0 heterocycles. The molecule has 0 saturated heterocycles. The van der Waals surface area contributed by atoms with Crippen molar-refractivity contribution in [1.82, 2.24) is 5.32 Å². The molecule has 1 aromatic carbocycles. The minimum atomic E-state index is -3.66. The van der Waals surface area contributed by atoms with Crippen LogP contribution in [-0.4, -0.2) is 26.1 Å². The van der Waals surface area contributed by atoms with Crippen molar-refractivity contribution in [1.29, 1.82) is 0 Å². The Hall–Kier alpha value is -1.56. The molecule has 0 aliphatic carbocycles. The Morgan fingerprint density at radius 1 is 1.32 bits per heavy atom. The van der Waals surface area contributed by atoms with E-state index in [0.717, 1.165) is 12.8 Å². The summed E-state index contributed by atoms with van der Waals surface area (Å²) in [6, 6.07) is 5.85. The molecule has 5 nitrogen and oxygen atoms in total. The Balaban J connectivity index is 2.82. The van der Waals surface area contributed by atoms with Crippen LogP contribution in [0, 0.1) is 0 Å². The molecule has 0 aromatic heterocycles. The quantitative estimate of drug-likeness (QED) is 0.609. The van der Waals surface area contributed by atoms with E-state index < -0.39 is 21.0 Å². The van der Waals surface area contributed by atoms with Gasteiger partial charge < -0.3 is 11.1 Å². The second-order valence-electron chi connectivity index (χ2n) is 4.40. The molecular weight excluding hydrogens is 264 g/mol. The van der Waals surface area contributed by atoms with Crippen LogP contribution in [0.25, 0.3) is 0 Å². The molecule has 1 amide bonds. The van der Waals surface area contributed by atoms with Crippen LogP contribution in [-0.2, 0) is 14.6 Å². The Morgan fingerprint density at radius 2 is 1.89 bits per heavy atom. The molecule has 0 spiro atoms. The van der Waals surface area contributed by atoms with Gasteiger partial charge in [0.1, 0.15) is 5.25 Å². The first-order chi connectivity index (χ1) is 8.89. The minimum Gasteiger partial charge on any atom is -0.399 e. The first kappa shape index (κ1) is 15.5. The summed E-state index contributed by atoms with van der Waals surface area (Å²) in [5.41, 5.74) is 6.00. The maximum atomic E-state index is 12.2. The lowest BCUT2D eigenvalue weighted by Crippen LogP contribution is -2.38. The number of nitrogen functional groups attached to an aromatic ring is 1. The summed E-state index contributed by atoms with van der Waals surface area (Å²) in [4.78, 5) is 11.9. The van der Waals surface area contributed by atoms with Gasteiger partial charge in [-0.3, -0.25) is 4.79 Å². The number of anilines is 1. The Labute approximate surface area is 114 Å². The fourth-order valence-corrected chi connectivity index (χ4v) is 2.82. The predicted molar refractivity (Wildman–Crippen MR) is 75.4 cm³/mol. The van der Waals surface area contributed by atoms with Crippen LogP contribution in [0.5, 0.6) is 0 Å². The van der Waals surface area contributed by atoms with E-state index >= 15 is 0 Å². The molecule has 0 saturated carbocycles. The molecule has 3 N–H and O–H groups in total. The molecular formula is C13H20N2O3S. The highest BCUT2D eigenvalue weighted by molar-refractivity contribution is 7.92. The number of unbranched alkanes of at least 4 members (excludes halogenated alkanes) is 1. The van der Waals surface area contributed by atoms with Crippen molar-refractivity contribution in [2.45, 2.75) is 36.8 Å². The van der Waals surface area contributed by atoms with Crippen molar-refractivity contribution in [3.63, 3.8) is 0 Å². The van der Waals surface area contributed by atoms with Gasteiger partial charge in [0.2, 0.25) is 5.91 Å². The normalized spacial score (nSPS) is 12.9. The zero-order chi connectivity index (χ0) is 14.5. The number of hydrogen-bond donors (Lipinski definition) is 2. The molecule has 1 unspecified atom stereocenters. The van der Waals surface area contributed by atoms with Crippen molar-refractivity contribution in [3.05, 3.63) is 24.3 Å². The fraction of sp³-hybridized carbons (Fsp3) is 0.462. The van der Waals surface area contributed by atoms with Crippen LogP contribution in [0.1, 0.15) is 26.7 Å². The lowest BCUT2D eigenvalue weighted by Gasteiger charge is -2.13. The molecule has 1 atom stereocenters. The lowest BCUT2D eigenvalue weighted by atomic mass is 10.3. The number of carbonyl (C=O) groups excluding carboxylic acids is 1. The Bertz CT molecular complexity index is 523. The fourth-order valence-electron chi connectivity index (χ4n) is 1.53. The number of nitrogens with one attached hydrogen (secondary N) is 1. The highest BCUT2D eigenvalue weighted by Crippen LogP contribution is 2.17. The number of sulfone groups is 1. The van der Waals surface area contributed by atoms with Crippen LogP contribution in [0.3, 0.4) is 0 Å². The second-order valence-corrected chi connectivity index (χ2v) is 6.67. The van der Waals surface area contributed by atoms with Crippen molar-refractivity contribution >= 4 is 21.4 Å². The smallest absolute Gasteiger partial charge is 0.238 e. The van der Waals surface area contributed by atoms with Crippen LogP contribution in [0.4, 0.5) is 5.69 Å². The van der Waals surface area contributed by atoms with Gasteiger partial charge in [-0.15, -0.1) is 0 Å². The molecule has 1 rings (SSSR count). The van der Waals surface area contributed by atoms with Crippen molar-refractivity contribution in [3.8, 4) is 0 Å². The highest BCUT2D eigenvalue weighted by atomic mass is 32.2. The van der Waals surface area contributed by atoms with Gasteiger partial charge in [0.15, 0.2) is 9.84 Å². The Morgan fingerprint density at radius 3 is 2.42 bits per heavy atom. The minimum absolute atomic E-state index is 0.111. The van der Waals surface area contributed by atoms with Crippen LogP contribution < -0.4 is 11.1 Å². The number of nitrogens with two attached hydrogens (primary N) is 1. The highest BCUT2D eigenvalue weighted by Gasteiger charge is 2.29. The second kappa shape index (κ2) is 6.56. The molecule has 0 aliphatic heterocycles. The van der Waals surface area contributed by atoms with Crippen LogP contribution >= 0.6 is 0 Å². The summed E-state index contributed by atoms with van der Waals surface area (Å²) in [6.07, 6.45) is 1.78. The average molecular weight is 284 g/mol. The van der Waals surface area contributed by atoms with Crippen molar-refractivity contribution in [2.75, 3.05) is 12.3 Å². The summed E-state index contributed by atoms with van der Waals surface area (Å²) in [7, 11) is -3.66. The van der Waals surface area contributed by atoms with Gasteiger partial charge in [0, 0.05) is 12.2 Å². The van der Waals surface area contributed by atoms with Gasteiger partial charge in [-0.2, -0.15) is 0 Å². The van der Waals surface area contributed by atoms with Crippen LogP contribution in [0.15, 0.2) is 29.2 Å². The van der Waals surface area contributed by atoms with E-state index in [2.05, 4.69) is 5.32 Å². The number of benzene rings is 1. The molecule has 1 aromatic rings. The largest absolute Gasteiger partial charge is 0.399 e. The van der Waals surface area contributed by atoms with Gasteiger partial charge in [0.25, 0.3) is 0 Å². The van der Waals surface area contributed by atoms with E-state index in [9.17, 15) is 13.2 Å². The predicted octanol–water partition coefficient (Wildman–Crippen LogP) is 1.35. The summed E-state index contributed by atoms with van der Waals surface area (Å²) in [6.45, 7) is 3.89. The van der Waals surface area contributed by atoms with Gasteiger partial charge in [-0.05, 0) is 37.6 Å². The standard InChI is InChI=1S/C13H20N2O3S/c1-3-4-9-15-13(16)10(2)19(17,18)12-7-5-11(14)6-8-12/h5-8,10H,3-4,9,14H2,1-2H3,(H,15,16). The first-order valence-electron chi connectivity index (χ1n) is 6.26. The number of amides is 1. The number of rotatable bonds is 6. The van der Waals surface area contributed by atoms with Crippen LogP contribution in [0.2, 0.25) is 0 Å². The molecule has 106 valence electrons. The van der Waals surface area contributed by atoms with E-state index in [4.69, 9.17) is 5.73 Å². The summed E-state index contributed by atoms with van der Waals surface area (Å²) in [5.74, 6) is -0.467. The van der Waals surface area contributed by atoms with Gasteiger partial charge in [-0.1, -0.05) is 13.3 Å². The van der Waals surface area contributed by atoms with Gasteiger partial charge >= 0.3 is 0 Å². The molecule has 0 bridgehead atoms. The molecule has 19 heavy (non-hydrogen) atoms. The molecule has 0 radical (unpaired) electrons. The maximum Gasteiger partial charge on any atom is 0.238 e. The van der Waals surface area contributed by atoms with E-state index in [0.29, 0.717) is 12.2 Å². The summed E-state index contributed by atoms with van der Waals surface area (Å²) < 4.78 is 24.4. The van der Waals surface area contributed by atoms with Crippen molar-refractivity contribution in [2.24, 2.45) is 0 Å². The summed E-state index contributed by atoms with van der Waals surface area (Å²) in [5, 5.41) is 1.52. The maximum absolute atomic E-state index is 12.2. The number of hydrogen-bond acceptors (Lipinski definition) is 4. The molecule has 0 fully saturated rings. The Kier molecular flexibility index (Phi) is 5.35.